The highest BCUT2D eigenvalue weighted by Gasteiger charge is 2.04. The van der Waals surface area contributed by atoms with Crippen LogP contribution in [0.5, 0.6) is 0 Å². The number of aromatic nitrogens is 2. The molecule has 0 radical (unpaired) electrons. The summed E-state index contributed by atoms with van der Waals surface area (Å²) in [7, 11) is 1.95. The monoisotopic (exact) mass is 224 g/mol. The smallest absolute Gasteiger partial charge is 0.0823 e. The number of benzene rings is 1. The first-order valence-electron chi connectivity index (χ1n) is 3.77. The van der Waals surface area contributed by atoms with E-state index in [1.807, 2.05) is 17.9 Å². The predicted octanol–water partition coefficient (Wildman–Crippen LogP) is 2.64. The van der Waals surface area contributed by atoms with Crippen LogP contribution in [0.2, 0.25) is 0 Å². The third-order valence-corrected chi connectivity index (χ3v) is 3.04. The van der Waals surface area contributed by atoms with Crippen molar-refractivity contribution in [2.24, 2.45) is 7.05 Å². The van der Waals surface area contributed by atoms with Crippen LogP contribution in [0.1, 0.15) is 5.56 Å². The third kappa shape index (κ3) is 0.966. The number of aryl methyl sites for hydroxylation is 2. The van der Waals surface area contributed by atoms with Crippen molar-refractivity contribution in [3.8, 4) is 0 Å². The molecular weight excluding hydrogens is 216 g/mol. The Kier molecular flexibility index (Phi) is 1.68. The highest BCUT2D eigenvalue weighted by atomic mass is 79.9. The van der Waals surface area contributed by atoms with Crippen LogP contribution in [0, 0.1) is 6.92 Å². The van der Waals surface area contributed by atoms with Gasteiger partial charge in [-0.05, 0) is 28.4 Å². The number of rotatable bonds is 0. The Balaban J connectivity index is 2.96. The number of hydrogen-bond donors (Lipinski definition) is 0. The first-order valence-corrected chi connectivity index (χ1v) is 4.56. The summed E-state index contributed by atoms with van der Waals surface area (Å²) in [6.45, 7) is 2.08. The Bertz CT molecular complexity index is 431. The van der Waals surface area contributed by atoms with E-state index in [-0.39, 0.29) is 0 Å². The zero-order valence-corrected chi connectivity index (χ0v) is 8.59. The maximum absolute atomic E-state index is 4.18. The molecule has 0 saturated carbocycles. The van der Waals surface area contributed by atoms with E-state index in [9.17, 15) is 0 Å². The van der Waals surface area contributed by atoms with Gasteiger partial charge in [0.25, 0.3) is 0 Å². The molecule has 2 aromatic rings. The van der Waals surface area contributed by atoms with Crippen LogP contribution in [0.3, 0.4) is 0 Å². The zero-order chi connectivity index (χ0) is 8.72. The van der Waals surface area contributed by atoms with Crippen molar-refractivity contribution in [1.29, 1.82) is 0 Å². The molecule has 0 amide bonds. The molecule has 0 fully saturated rings. The second-order valence-corrected chi connectivity index (χ2v) is 3.70. The largest absolute Gasteiger partial charge is 0.267 e. The van der Waals surface area contributed by atoms with Crippen molar-refractivity contribution in [3.63, 3.8) is 0 Å². The molecule has 1 aromatic heterocycles. The normalized spacial score (nSPS) is 10.9. The predicted molar refractivity (Wildman–Crippen MR) is 53.2 cm³/mol. The molecule has 1 heterocycles. The Morgan fingerprint density at radius 1 is 1.42 bits per heavy atom. The molecule has 0 unspecified atom stereocenters. The Morgan fingerprint density at radius 2 is 2.17 bits per heavy atom. The van der Waals surface area contributed by atoms with Crippen LogP contribution in [-0.2, 0) is 7.05 Å². The van der Waals surface area contributed by atoms with Crippen molar-refractivity contribution < 1.29 is 0 Å². The molecule has 0 aliphatic carbocycles. The number of halogens is 1. The van der Waals surface area contributed by atoms with E-state index in [1.54, 1.807) is 0 Å². The van der Waals surface area contributed by atoms with Gasteiger partial charge in [-0.3, -0.25) is 4.68 Å². The van der Waals surface area contributed by atoms with Gasteiger partial charge in [0, 0.05) is 16.9 Å². The SMILES string of the molecule is Cc1ccc2cnn(C)c2c1Br. The molecule has 0 aliphatic heterocycles. The van der Waals surface area contributed by atoms with E-state index in [2.05, 4.69) is 40.1 Å². The molecule has 0 bridgehead atoms. The molecule has 0 atom stereocenters. The Morgan fingerprint density at radius 3 is 2.92 bits per heavy atom. The van der Waals surface area contributed by atoms with Crippen LogP contribution in [0.25, 0.3) is 10.9 Å². The molecule has 0 N–H and O–H groups in total. The van der Waals surface area contributed by atoms with Crippen LogP contribution in [-0.4, -0.2) is 9.78 Å². The molecule has 3 heteroatoms. The second kappa shape index (κ2) is 2.59. The quantitative estimate of drug-likeness (QED) is 0.673. The topological polar surface area (TPSA) is 17.8 Å². The van der Waals surface area contributed by atoms with E-state index in [4.69, 9.17) is 0 Å². The van der Waals surface area contributed by atoms with Gasteiger partial charge in [-0.1, -0.05) is 12.1 Å². The minimum absolute atomic E-state index is 1.14. The lowest BCUT2D eigenvalue weighted by molar-refractivity contribution is 0.795. The molecule has 1 aromatic carbocycles. The van der Waals surface area contributed by atoms with E-state index >= 15 is 0 Å². The zero-order valence-electron chi connectivity index (χ0n) is 7.00. The maximum Gasteiger partial charge on any atom is 0.0823 e. The molecule has 62 valence electrons. The standard InChI is InChI=1S/C9H9BrN2/c1-6-3-4-7-5-11-12(2)9(7)8(6)10/h3-5H,1-2H3. The van der Waals surface area contributed by atoms with Gasteiger partial charge >= 0.3 is 0 Å². The summed E-state index contributed by atoms with van der Waals surface area (Å²) >= 11 is 3.55. The summed E-state index contributed by atoms with van der Waals surface area (Å²) in [6, 6.07) is 4.18. The molecule has 0 spiro atoms. The fraction of sp³-hybridized carbons (Fsp3) is 0.222. The van der Waals surface area contributed by atoms with Crippen LogP contribution in [0.15, 0.2) is 22.8 Å². The van der Waals surface area contributed by atoms with Crippen molar-refractivity contribution in [1.82, 2.24) is 9.78 Å². The molecule has 0 aliphatic rings. The average molecular weight is 225 g/mol. The molecule has 0 saturated heterocycles. The van der Waals surface area contributed by atoms with Gasteiger partial charge in [-0.2, -0.15) is 5.10 Å². The summed E-state index contributed by atoms with van der Waals surface area (Å²) in [6.07, 6.45) is 1.87. The summed E-state index contributed by atoms with van der Waals surface area (Å²) in [5.74, 6) is 0. The first-order chi connectivity index (χ1) is 5.70. The second-order valence-electron chi connectivity index (χ2n) is 2.90. The number of hydrogen-bond acceptors (Lipinski definition) is 1. The number of nitrogens with zero attached hydrogens (tertiary/aromatic N) is 2. The van der Waals surface area contributed by atoms with E-state index < -0.39 is 0 Å². The lowest BCUT2D eigenvalue weighted by atomic mass is 10.2. The Hall–Kier alpha value is -0.830. The highest BCUT2D eigenvalue weighted by Crippen LogP contribution is 2.26. The van der Waals surface area contributed by atoms with Crippen molar-refractivity contribution >= 4 is 26.8 Å². The van der Waals surface area contributed by atoms with E-state index in [0.29, 0.717) is 0 Å². The fourth-order valence-electron chi connectivity index (χ4n) is 1.32. The molecular formula is C9H9BrN2. The lowest BCUT2D eigenvalue weighted by Gasteiger charge is -2.00. The van der Waals surface area contributed by atoms with Gasteiger partial charge in [-0.25, -0.2) is 0 Å². The van der Waals surface area contributed by atoms with Gasteiger partial charge < -0.3 is 0 Å². The fourth-order valence-corrected chi connectivity index (χ4v) is 1.94. The van der Waals surface area contributed by atoms with Gasteiger partial charge in [0.05, 0.1) is 11.7 Å². The van der Waals surface area contributed by atoms with Crippen molar-refractivity contribution in [2.45, 2.75) is 6.92 Å². The van der Waals surface area contributed by atoms with Crippen LogP contribution in [0.4, 0.5) is 0 Å². The third-order valence-electron chi connectivity index (χ3n) is 2.03. The van der Waals surface area contributed by atoms with Crippen LogP contribution >= 0.6 is 15.9 Å². The van der Waals surface area contributed by atoms with Crippen molar-refractivity contribution in [3.05, 3.63) is 28.4 Å². The molecule has 12 heavy (non-hydrogen) atoms. The highest BCUT2D eigenvalue weighted by molar-refractivity contribution is 9.10. The summed E-state index contributed by atoms with van der Waals surface area (Å²) in [5, 5.41) is 5.36. The summed E-state index contributed by atoms with van der Waals surface area (Å²) in [4.78, 5) is 0. The van der Waals surface area contributed by atoms with Gasteiger partial charge in [0.15, 0.2) is 0 Å². The van der Waals surface area contributed by atoms with Crippen molar-refractivity contribution in [2.75, 3.05) is 0 Å². The van der Waals surface area contributed by atoms with Gasteiger partial charge in [-0.15, -0.1) is 0 Å². The Labute approximate surface area is 79.3 Å². The maximum atomic E-state index is 4.18. The average Bonchev–Trinajstić information content (AvgIpc) is 2.41. The lowest BCUT2D eigenvalue weighted by Crippen LogP contribution is -1.90. The van der Waals surface area contributed by atoms with Gasteiger partial charge in [0.1, 0.15) is 0 Å². The molecule has 2 rings (SSSR count). The van der Waals surface area contributed by atoms with E-state index in [1.165, 1.54) is 10.9 Å². The number of fused-ring (bicyclic) bond motifs is 1. The minimum Gasteiger partial charge on any atom is -0.267 e. The summed E-state index contributed by atoms with van der Waals surface area (Å²) < 4.78 is 3.02. The molecule has 2 nitrogen and oxygen atoms in total. The van der Waals surface area contributed by atoms with Crippen LogP contribution < -0.4 is 0 Å². The minimum atomic E-state index is 1.14. The van der Waals surface area contributed by atoms with E-state index in [0.717, 1.165) is 9.99 Å². The first kappa shape index (κ1) is 7.80. The summed E-state index contributed by atoms with van der Waals surface area (Å²) in [5.41, 5.74) is 2.40. The van der Waals surface area contributed by atoms with Gasteiger partial charge in [0.2, 0.25) is 0 Å².